The molecular formula is C27H24O5. The molecule has 0 N–H and O–H groups in total. The molecule has 5 heteroatoms. The molecule has 0 bridgehead atoms. The monoisotopic (exact) mass is 428 g/mol. The van der Waals surface area contributed by atoms with Crippen molar-refractivity contribution >= 4 is 16.8 Å². The van der Waals surface area contributed by atoms with Crippen molar-refractivity contribution in [2.24, 2.45) is 0 Å². The number of ketones is 1. The highest BCUT2D eigenvalue weighted by Crippen LogP contribution is 2.32. The van der Waals surface area contributed by atoms with Gasteiger partial charge in [-0.2, -0.15) is 0 Å². The van der Waals surface area contributed by atoms with Crippen LogP contribution in [0, 0.1) is 20.8 Å². The van der Waals surface area contributed by atoms with Gasteiger partial charge in [-0.15, -0.1) is 0 Å². The molecule has 4 aromatic rings. The highest BCUT2D eigenvalue weighted by Gasteiger charge is 2.19. The van der Waals surface area contributed by atoms with Crippen molar-refractivity contribution in [3.05, 3.63) is 93.1 Å². The van der Waals surface area contributed by atoms with E-state index >= 15 is 0 Å². The van der Waals surface area contributed by atoms with E-state index in [-0.39, 0.29) is 29.3 Å². The highest BCUT2D eigenvalue weighted by atomic mass is 16.5. The maximum Gasteiger partial charge on any atom is 0.235 e. The van der Waals surface area contributed by atoms with Crippen LogP contribution in [0.25, 0.3) is 22.3 Å². The highest BCUT2D eigenvalue weighted by molar-refractivity contribution is 5.97. The summed E-state index contributed by atoms with van der Waals surface area (Å²) in [5.41, 5.74) is 4.45. The van der Waals surface area contributed by atoms with E-state index in [0.717, 1.165) is 16.7 Å². The quantitative estimate of drug-likeness (QED) is 0.371. The number of rotatable bonds is 6. The maximum absolute atomic E-state index is 13.3. The standard InChI is InChI=1S/C27H24O5/c1-16-5-12-22-24(13-16)32-26(19-8-10-21(30-4)11-9-19)27(25(22)29)31-15-23(28)20-7-6-17(2)18(3)14-20/h5-14H,15H2,1-4H3. The van der Waals surface area contributed by atoms with Crippen LogP contribution < -0.4 is 14.9 Å². The SMILES string of the molecule is COc1ccc(-c2oc3cc(C)ccc3c(=O)c2OCC(=O)c2ccc(C)c(C)c2)cc1. The summed E-state index contributed by atoms with van der Waals surface area (Å²) in [7, 11) is 1.58. The molecule has 162 valence electrons. The number of hydrogen-bond acceptors (Lipinski definition) is 5. The van der Waals surface area contributed by atoms with Crippen LogP contribution in [0.4, 0.5) is 0 Å². The van der Waals surface area contributed by atoms with E-state index < -0.39 is 0 Å². The Morgan fingerprint density at radius 3 is 2.34 bits per heavy atom. The second kappa shape index (κ2) is 8.71. The van der Waals surface area contributed by atoms with Gasteiger partial charge >= 0.3 is 0 Å². The predicted molar refractivity (Wildman–Crippen MR) is 125 cm³/mol. The summed E-state index contributed by atoms with van der Waals surface area (Å²) >= 11 is 0. The van der Waals surface area contributed by atoms with Crippen molar-refractivity contribution in [2.75, 3.05) is 13.7 Å². The first-order valence-electron chi connectivity index (χ1n) is 10.3. The number of hydrogen-bond donors (Lipinski definition) is 0. The molecule has 0 unspecified atom stereocenters. The Balaban J connectivity index is 1.76. The molecular weight excluding hydrogens is 404 g/mol. The Hall–Kier alpha value is -3.86. The van der Waals surface area contributed by atoms with Gasteiger partial charge in [0.2, 0.25) is 11.2 Å². The molecule has 32 heavy (non-hydrogen) atoms. The summed E-state index contributed by atoms with van der Waals surface area (Å²) in [6, 6.07) is 18.0. The van der Waals surface area contributed by atoms with Gasteiger partial charge < -0.3 is 13.9 Å². The fourth-order valence-electron chi connectivity index (χ4n) is 3.48. The third-order valence-corrected chi connectivity index (χ3v) is 5.53. The summed E-state index contributed by atoms with van der Waals surface area (Å²) < 4.78 is 17.1. The molecule has 0 amide bonds. The van der Waals surface area contributed by atoms with Gasteiger partial charge in [0.15, 0.2) is 18.2 Å². The molecule has 5 nitrogen and oxygen atoms in total. The van der Waals surface area contributed by atoms with E-state index in [1.165, 1.54) is 0 Å². The van der Waals surface area contributed by atoms with Crippen molar-refractivity contribution in [1.82, 2.24) is 0 Å². The molecule has 0 aliphatic carbocycles. The number of ether oxygens (including phenoxy) is 2. The zero-order valence-electron chi connectivity index (χ0n) is 18.5. The van der Waals surface area contributed by atoms with Gasteiger partial charge in [0.1, 0.15) is 11.3 Å². The maximum atomic E-state index is 13.3. The van der Waals surface area contributed by atoms with Crippen molar-refractivity contribution < 1.29 is 18.7 Å². The van der Waals surface area contributed by atoms with Gasteiger partial charge in [-0.1, -0.05) is 18.2 Å². The Bertz CT molecular complexity index is 1360. The topological polar surface area (TPSA) is 65.7 Å². The fourth-order valence-corrected chi connectivity index (χ4v) is 3.48. The minimum atomic E-state index is -0.315. The minimum Gasteiger partial charge on any atom is -0.497 e. The van der Waals surface area contributed by atoms with Crippen LogP contribution in [0.3, 0.4) is 0 Å². The third-order valence-electron chi connectivity index (χ3n) is 5.53. The number of carbonyl (C=O) groups is 1. The molecule has 0 saturated heterocycles. The van der Waals surface area contributed by atoms with Gasteiger partial charge in [-0.05, 0) is 79.9 Å². The lowest BCUT2D eigenvalue weighted by atomic mass is 10.0. The Morgan fingerprint density at radius 2 is 1.66 bits per heavy atom. The van der Waals surface area contributed by atoms with Crippen LogP contribution in [0.15, 0.2) is 69.9 Å². The van der Waals surface area contributed by atoms with E-state index in [4.69, 9.17) is 13.9 Å². The van der Waals surface area contributed by atoms with Crippen LogP contribution in [0.2, 0.25) is 0 Å². The van der Waals surface area contributed by atoms with Crippen LogP contribution >= 0.6 is 0 Å². The lowest BCUT2D eigenvalue weighted by Gasteiger charge is -2.12. The van der Waals surface area contributed by atoms with Gasteiger partial charge in [0, 0.05) is 11.1 Å². The van der Waals surface area contributed by atoms with E-state index in [1.807, 2.05) is 45.0 Å². The number of methoxy groups -OCH3 is 1. The van der Waals surface area contributed by atoms with Gasteiger partial charge in [-0.3, -0.25) is 9.59 Å². The van der Waals surface area contributed by atoms with Gasteiger partial charge in [0.05, 0.1) is 12.5 Å². The molecule has 1 heterocycles. The van der Waals surface area contributed by atoms with Crippen molar-refractivity contribution in [3.63, 3.8) is 0 Å². The molecule has 0 aliphatic heterocycles. The lowest BCUT2D eigenvalue weighted by Crippen LogP contribution is -2.17. The summed E-state index contributed by atoms with van der Waals surface area (Å²) in [4.78, 5) is 26.0. The van der Waals surface area contributed by atoms with Gasteiger partial charge in [-0.25, -0.2) is 0 Å². The Morgan fingerprint density at radius 1 is 0.906 bits per heavy atom. The largest absolute Gasteiger partial charge is 0.497 e. The van der Waals surface area contributed by atoms with Crippen LogP contribution in [-0.2, 0) is 0 Å². The predicted octanol–water partition coefficient (Wildman–Crippen LogP) is 5.66. The van der Waals surface area contributed by atoms with Crippen molar-refractivity contribution in [2.45, 2.75) is 20.8 Å². The summed E-state index contributed by atoms with van der Waals surface area (Å²) in [5.74, 6) is 0.768. The molecule has 0 saturated carbocycles. The molecule has 1 aromatic heterocycles. The number of fused-ring (bicyclic) bond motifs is 1. The zero-order chi connectivity index (χ0) is 22.8. The smallest absolute Gasteiger partial charge is 0.235 e. The van der Waals surface area contributed by atoms with Crippen LogP contribution in [-0.4, -0.2) is 19.5 Å². The molecule has 0 fully saturated rings. The molecule has 0 radical (unpaired) electrons. The lowest BCUT2D eigenvalue weighted by molar-refractivity contribution is 0.0920. The number of aryl methyl sites for hydroxylation is 3. The summed E-state index contributed by atoms with van der Waals surface area (Å²) in [6.07, 6.45) is 0. The average molecular weight is 428 g/mol. The van der Waals surface area contributed by atoms with Crippen LogP contribution in [0.1, 0.15) is 27.0 Å². The average Bonchev–Trinajstić information content (AvgIpc) is 2.79. The number of carbonyl (C=O) groups excluding carboxylic acids is 1. The Kier molecular flexibility index (Phi) is 5.82. The molecule has 3 aromatic carbocycles. The van der Waals surface area contributed by atoms with Crippen molar-refractivity contribution in [1.29, 1.82) is 0 Å². The number of benzene rings is 3. The van der Waals surface area contributed by atoms with E-state index in [1.54, 1.807) is 43.5 Å². The fraction of sp³-hybridized carbons (Fsp3) is 0.185. The normalized spacial score (nSPS) is 10.9. The minimum absolute atomic E-state index is 0.0173. The first-order valence-corrected chi connectivity index (χ1v) is 10.3. The second-order valence-corrected chi connectivity index (χ2v) is 7.83. The van der Waals surface area contributed by atoms with E-state index in [2.05, 4.69) is 0 Å². The number of Topliss-reactive ketones (excluding diaryl/α,β-unsaturated/α-hetero) is 1. The Labute approximate surface area is 186 Å². The zero-order valence-corrected chi connectivity index (χ0v) is 18.5. The summed E-state index contributed by atoms with van der Waals surface area (Å²) in [5, 5.41) is 0.404. The van der Waals surface area contributed by atoms with E-state index in [0.29, 0.717) is 27.8 Å². The molecule has 0 spiro atoms. The van der Waals surface area contributed by atoms with Crippen molar-refractivity contribution in [3.8, 4) is 22.8 Å². The van der Waals surface area contributed by atoms with Crippen LogP contribution in [0.5, 0.6) is 11.5 Å². The van der Waals surface area contributed by atoms with Gasteiger partial charge in [0.25, 0.3) is 0 Å². The molecule has 4 rings (SSSR count). The molecule has 0 aliphatic rings. The van der Waals surface area contributed by atoms with E-state index in [9.17, 15) is 9.59 Å². The summed E-state index contributed by atoms with van der Waals surface area (Å²) in [6.45, 7) is 5.60. The molecule has 0 atom stereocenters. The first-order chi connectivity index (χ1) is 15.4. The second-order valence-electron chi connectivity index (χ2n) is 7.83. The third kappa shape index (κ3) is 4.14. The first kappa shape index (κ1) is 21.4.